The van der Waals surface area contributed by atoms with Crippen LogP contribution in [0.2, 0.25) is 5.02 Å². The van der Waals surface area contributed by atoms with E-state index in [1.54, 1.807) is 24.3 Å². The first-order valence-electron chi connectivity index (χ1n) is 5.45. The zero-order valence-electron chi connectivity index (χ0n) is 9.81. The van der Waals surface area contributed by atoms with Gasteiger partial charge in [-0.15, -0.1) is 5.10 Å². The number of hydrogen-bond donors (Lipinski definition) is 2. The largest absolute Gasteiger partial charge is 0.382 e. The molecule has 0 saturated heterocycles. The highest BCUT2D eigenvalue weighted by Crippen LogP contribution is 2.24. The molecule has 1 aromatic heterocycles. The molecule has 92 valence electrons. The average molecular weight is 262 g/mol. The smallest absolute Gasteiger partial charge is 0.168 e. The van der Waals surface area contributed by atoms with Gasteiger partial charge in [-0.25, -0.2) is 4.68 Å². The highest BCUT2D eigenvalue weighted by Gasteiger charge is 2.15. The fourth-order valence-corrected chi connectivity index (χ4v) is 1.74. The predicted molar refractivity (Wildman–Crippen MR) is 71.9 cm³/mol. The standard InChI is InChI=1S/C12H12ClN5/c1-2-16-12-10(7-14)11(15)18(17-12)9-5-3-8(13)4-6-9/h3-6H,2,15H2,1H3,(H,16,17). The number of benzene rings is 1. The second-order valence-corrected chi connectivity index (χ2v) is 4.08. The van der Waals surface area contributed by atoms with Crippen molar-refractivity contribution in [2.45, 2.75) is 6.92 Å². The van der Waals surface area contributed by atoms with Gasteiger partial charge in [0.25, 0.3) is 0 Å². The van der Waals surface area contributed by atoms with Gasteiger partial charge in [0.2, 0.25) is 0 Å². The summed E-state index contributed by atoms with van der Waals surface area (Å²) in [7, 11) is 0. The van der Waals surface area contributed by atoms with Gasteiger partial charge in [-0.1, -0.05) is 11.6 Å². The van der Waals surface area contributed by atoms with E-state index in [2.05, 4.69) is 16.5 Å². The van der Waals surface area contributed by atoms with Crippen LogP contribution >= 0.6 is 11.6 Å². The number of nitrogen functional groups attached to an aromatic ring is 1. The molecule has 1 aromatic carbocycles. The minimum atomic E-state index is 0.316. The van der Waals surface area contributed by atoms with Crippen LogP contribution in [0.5, 0.6) is 0 Å². The van der Waals surface area contributed by atoms with Crippen molar-refractivity contribution in [1.29, 1.82) is 5.26 Å². The van der Waals surface area contributed by atoms with Gasteiger partial charge in [-0.2, -0.15) is 5.26 Å². The second-order valence-electron chi connectivity index (χ2n) is 3.64. The summed E-state index contributed by atoms with van der Waals surface area (Å²) < 4.78 is 1.52. The Kier molecular flexibility index (Phi) is 3.40. The van der Waals surface area contributed by atoms with Crippen LogP contribution in [0, 0.1) is 11.3 Å². The van der Waals surface area contributed by atoms with Crippen LogP contribution in [0.15, 0.2) is 24.3 Å². The molecule has 0 fully saturated rings. The van der Waals surface area contributed by atoms with Crippen LogP contribution in [0.4, 0.5) is 11.6 Å². The third kappa shape index (κ3) is 2.11. The number of rotatable bonds is 3. The topological polar surface area (TPSA) is 79.7 Å². The van der Waals surface area contributed by atoms with Crippen LogP contribution in [-0.2, 0) is 0 Å². The molecule has 0 bridgehead atoms. The van der Waals surface area contributed by atoms with Crippen molar-refractivity contribution in [2.24, 2.45) is 0 Å². The zero-order valence-corrected chi connectivity index (χ0v) is 10.6. The van der Waals surface area contributed by atoms with E-state index in [9.17, 15) is 0 Å². The maximum Gasteiger partial charge on any atom is 0.168 e. The summed E-state index contributed by atoms with van der Waals surface area (Å²) in [6.07, 6.45) is 0. The van der Waals surface area contributed by atoms with Crippen molar-refractivity contribution >= 4 is 23.2 Å². The van der Waals surface area contributed by atoms with Gasteiger partial charge < -0.3 is 11.1 Å². The molecular formula is C12H12ClN5. The summed E-state index contributed by atoms with van der Waals surface area (Å²) in [5.74, 6) is 0.809. The number of halogens is 1. The minimum Gasteiger partial charge on any atom is -0.382 e. The van der Waals surface area contributed by atoms with Crippen LogP contribution in [-0.4, -0.2) is 16.3 Å². The first-order chi connectivity index (χ1) is 8.67. The van der Waals surface area contributed by atoms with Crippen LogP contribution < -0.4 is 11.1 Å². The van der Waals surface area contributed by atoms with Gasteiger partial charge in [0.1, 0.15) is 17.5 Å². The van der Waals surface area contributed by atoms with E-state index in [0.29, 0.717) is 28.8 Å². The van der Waals surface area contributed by atoms with Crippen molar-refractivity contribution in [1.82, 2.24) is 9.78 Å². The van der Waals surface area contributed by atoms with Crippen molar-refractivity contribution < 1.29 is 0 Å². The Hall–Kier alpha value is -2.19. The molecule has 0 aliphatic rings. The first-order valence-corrected chi connectivity index (χ1v) is 5.83. The molecule has 0 aliphatic carbocycles. The molecule has 0 unspecified atom stereocenters. The maximum atomic E-state index is 9.09. The third-order valence-corrected chi connectivity index (χ3v) is 2.70. The van der Waals surface area contributed by atoms with Gasteiger partial charge in [-0.3, -0.25) is 0 Å². The molecule has 18 heavy (non-hydrogen) atoms. The lowest BCUT2D eigenvalue weighted by molar-refractivity contribution is 0.890. The lowest BCUT2D eigenvalue weighted by atomic mass is 10.3. The zero-order chi connectivity index (χ0) is 13.1. The van der Waals surface area contributed by atoms with Crippen molar-refractivity contribution in [3.05, 3.63) is 34.9 Å². The molecule has 2 rings (SSSR count). The Balaban J connectivity index is 2.52. The average Bonchev–Trinajstić information content (AvgIpc) is 2.67. The van der Waals surface area contributed by atoms with Crippen LogP contribution in [0.3, 0.4) is 0 Å². The number of nitriles is 1. The Morgan fingerprint density at radius 2 is 2.11 bits per heavy atom. The van der Waals surface area contributed by atoms with E-state index in [-0.39, 0.29) is 0 Å². The van der Waals surface area contributed by atoms with Gasteiger partial charge in [-0.05, 0) is 31.2 Å². The molecule has 0 radical (unpaired) electrons. The normalized spacial score (nSPS) is 10.1. The fraction of sp³-hybridized carbons (Fsp3) is 0.167. The minimum absolute atomic E-state index is 0.316. The number of anilines is 2. The van der Waals surface area contributed by atoms with E-state index >= 15 is 0 Å². The first kappa shape index (κ1) is 12.3. The third-order valence-electron chi connectivity index (χ3n) is 2.45. The SMILES string of the molecule is CCNc1nn(-c2ccc(Cl)cc2)c(N)c1C#N. The predicted octanol–water partition coefficient (Wildman–Crippen LogP) is 2.41. The molecule has 0 spiro atoms. The van der Waals surface area contributed by atoms with Crippen LogP contribution in [0.25, 0.3) is 5.69 Å². The maximum absolute atomic E-state index is 9.09. The quantitative estimate of drug-likeness (QED) is 0.889. The number of aromatic nitrogens is 2. The molecule has 0 aliphatic heterocycles. The molecule has 0 amide bonds. The van der Waals surface area contributed by atoms with Gasteiger partial charge in [0, 0.05) is 11.6 Å². The lowest BCUT2D eigenvalue weighted by Gasteiger charge is -2.03. The highest BCUT2D eigenvalue weighted by atomic mass is 35.5. The van der Waals surface area contributed by atoms with Crippen molar-refractivity contribution in [2.75, 3.05) is 17.6 Å². The van der Waals surface area contributed by atoms with E-state index < -0.39 is 0 Å². The summed E-state index contributed by atoms with van der Waals surface area (Å²) in [5.41, 5.74) is 7.04. The van der Waals surface area contributed by atoms with Gasteiger partial charge in [0.15, 0.2) is 5.82 Å². The number of nitrogens with zero attached hydrogens (tertiary/aromatic N) is 3. The number of hydrogen-bond acceptors (Lipinski definition) is 4. The van der Waals surface area contributed by atoms with E-state index in [4.69, 9.17) is 22.6 Å². The number of nitrogens with two attached hydrogens (primary N) is 1. The van der Waals surface area contributed by atoms with Gasteiger partial charge in [0.05, 0.1) is 5.69 Å². The molecule has 2 aromatic rings. The molecule has 3 N–H and O–H groups in total. The fourth-order valence-electron chi connectivity index (χ4n) is 1.61. The van der Waals surface area contributed by atoms with E-state index in [1.807, 2.05) is 6.92 Å². The Morgan fingerprint density at radius 3 is 2.67 bits per heavy atom. The summed E-state index contributed by atoms with van der Waals surface area (Å²) >= 11 is 5.83. The van der Waals surface area contributed by atoms with E-state index in [1.165, 1.54) is 4.68 Å². The summed E-state index contributed by atoms with van der Waals surface area (Å²) in [5, 5.41) is 17.0. The lowest BCUT2D eigenvalue weighted by Crippen LogP contribution is -2.02. The highest BCUT2D eigenvalue weighted by molar-refractivity contribution is 6.30. The molecule has 5 nitrogen and oxygen atoms in total. The van der Waals surface area contributed by atoms with Crippen molar-refractivity contribution in [3.8, 4) is 11.8 Å². The molecule has 1 heterocycles. The Bertz CT molecular complexity index is 594. The van der Waals surface area contributed by atoms with Crippen LogP contribution in [0.1, 0.15) is 12.5 Å². The van der Waals surface area contributed by atoms with E-state index in [0.717, 1.165) is 5.69 Å². The molecular weight excluding hydrogens is 250 g/mol. The molecule has 0 atom stereocenters. The monoisotopic (exact) mass is 261 g/mol. The summed E-state index contributed by atoms with van der Waals surface area (Å²) in [6, 6.07) is 9.14. The summed E-state index contributed by atoms with van der Waals surface area (Å²) in [6.45, 7) is 2.60. The summed E-state index contributed by atoms with van der Waals surface area (Å²) in [4.78, 5) is 0. The Morgan fingerprint density at radius 1 is 1.44 bits per heavy atom. The second kappa shape index (κ2) is 4.98. The molecule has 0 saturated carbocycles. The number of nitrogens with one attached hydrogen (secondary N) is 1. The molecule has 6 heteroatoms. The van der Waals surface area contributed by atoms with Gasteiger partial charge >= 0.3 is 0 Å². The Labute approximate surface area is 110 Å². The van der Waals surface area contributed by atoms with Crippen molar-refractivity contribution in [3.63, 3.8) is 0 Å².